The Morgan fingerprint density at radius 3 is 2.61 bits per heavy atom. The summed E-state index contributed by atoms with van der Waals surface area (Å²) in [5.74, 6) is 1.28. The van der Waals surface area contributed by atoms with Crippen molar-refractivity contribution in [1.29, 1.82) is 0 Å². The van der Waals surface area contributed by atoms with Crippen LogP contribution in [0.15, 0.2) is 24.3 Å². The van der Waals surface area contributed by atoms with Gasteiger partial charge in [-0.1, -0.05) is 6.07 Å². The van der Waals surface area contributed by atoms with Crippen LogP contribution >= 0.6 is 0 Å². The number of hydrogen-bond donors (Lipinski definition) is 0. The predicted octanol–water partition coefficient (Wildman–Crippen LogP) is 2.06. The molecule has 0 atom stereocenters. The summed E-state index contributed by atoms with van der Waals surface area (Å²) in [5, 5.41) is 0. The highest BCUT2D eigenvalue weighted by Gasteiger charge is 2.25. The zero-order valence-corrected chi connectivity index (χ0v) is 16.0. The number of benzene rings is 1. The second kappa shape index (κ2) is 8.65. The zero-order chi connectivity index (χ0) is 19.3. The Balaban J connectivity index is 1.20. The van der Waals surface area contributed by atoms with E-state index in [4.69, 9.17) is 14.2 Å². The average molecular weight is 386 g/mol. The number of ether oxygens (including phenoxy) is 3. The lowest BCUT2D eigenvalue weighted by molar-refractivity contribution is -0.146. The van der Waals surface area contributed by atoms with E-state index in [9.17, 15) is 9.59 Å². The number of esters is 1. The molecule has 2 fully saturated rings. The molecular formula is C21H26N2O5. The lowest BCUT2D eigenvalue weighted by Crippen LogP contribution is -2.44. The zero-order valence-electron chi connectivity index (χ0n) is 16.0. The molecule has 7 heteroatoms. The maximum absolute atomic E-state index is 12.2. The molecule has 0 unspecified atom stereocenters. The van der Waals surface area contributed by atoms with E-state index in [1.54, 1.807) is 6.08 Å². The normalized spacial score (nSPS) is 20.1. The number of rotatable bonds is 5. The minimum absolute atomic E-state index is 0.0907. The quantitative estimate of drug-likeness (QED) is 0.570. The molecule has 28 heavy (non-hydrogen) atoms. The fraction of sp³-hybridized carbons (Fsp3) is 0.524. The minimum Gasteiger partial charge on any atom is -0.459 e. The third kappa shape index (κ3) is 4.65. The monoisotopic (exact) mass is 386 g/mol. The highest BCUT2D eigenvalue weighted by atomic mass is 16.7. The van der Waals surface area contributed by atoms with Crippen LogP contribution in [0.3, 0.4) is 0 Å². The van der Waals surface area contributed by atoms with Crippen LogP contribution < -0.4 is 9.47 Å². The smallest absolute Gasteiger partial charge is 0.331 e. The maximum atomic E-state index is 12.2. The number of likely N-dealkylation sites (tertiary alicyclic amines) is 2. The Morgan fingerprint density at radius 2 is 1.82 bits per heavy atom. The summed E-state index contributed by atoms with van der Waals surface area (Å²) in [6.07, 6.45) is 6.82. The Morgan fingerprint density at radius 1 is 1.07 bits per heavy atom. The molecule has 0 saturated carbocycles. The number of hydrogen-bond acceptors (Lipinski definition) is 6. The van der Waals surface area contributed by atoms with Gasteiger partial charge in [-0.05, 0) is 49.5 Å². The van der Waals surface area contributed by atoms with Gasteiger partial charge in [0.25, 0.3) is 0 Å². The summed E-state index contributed by atoms with van der Waals surface area (Å²) >= 11 is 0. The van der Waals surface area contributed by atoms with Crippen molar-refractivity contribution in [3.8, 4) is 11.5 Å². The van der Waals surface area contributed by atoms with Crippen molar-refractivity contribution in [2.45, 2.75) is 31.8 Å². The summed E-state index contributed by atoms with van der Waals surface area (Å²) in [7, 11) is 0. The Kier molecular flexibility index (Phi) is 5.81. The summed E-state index contributed by atoms with van der Waals surface area (Å²) < 4.78 is 16.2. The molecule has 0 aromatic heterocycles. The van der Waals surface area contributed by atoms with Crippen molar-refractivity contribution in [3.63, 3.8) is 0 Å². The molecule has 0 radical (unpaired) electrons. The molecule has 150 valence electrons. The largest absolute Gasteiger partial charge is 0.459 e. The fourth-order valence-corrected chi connectivity index (χ4v) is 3.83. The van der Waals surface area contributed by atoms with Crippen LogP contribution in [0.1, 0.15) is 31.2 Å². The molecular weight excluding hydrogens is 360 g/mol. The highest BCUT2D eigenvalue weighted by molar-refractivity contribution is 5.87. The van der Waals surface area contributed by atoms with Crippen LogP contribution in [0.5, 0.6) is 11.5 Å². The third-order valence-electron chi connectivity index (χ3n) is 5.44. The number of nitrogens with zero attached hydrogens (tertiary/aromatic N) is 2. The molecule has 0 N–H and O–H groups in total. The topological polar surface area (TPSA) is 68.3 Å². The van der Waals surface area contributed by atoms with Crippen LogP contribution in [-0.2, 0) is 14.3 Å². The molecule has 3 aliphatic heterocycles. The number of amides is 1. The maximum Gasteiger partial charge on any atom is 0.331 e. The van der Waals surface area contributed by atoms with Crippen LogP contribution in [0.2, 0.25) is 0 Å². The van der Waals surface area contributed by atoms with Gasteiger partial charge in [0.2, 0.25) is 12.7 Å². The number of carbonyl (C=O) groups is 2. The van der Waals surface area contributed by atoms with E-state index in [0.717, 1.165) is 63.2 Å². The molecule has 1 aromatic rings. The van der Waals surface area contributed by atoms with E-state index in [1.165, 1.54) is 6.08 Å². The first-order valence-corrected chi connectivity index (χ1v) is 9.96. The van der Waals surface area contributed by atoms with Gasteiger partial charge >= 0.3 is 5.97 Å². The van der Waals surface area contributed by atoms with Crippen molar-refractivity contribution in [3.05, 3.63) is 29.8 Å². The molecule has 4 rings (SSSR count). The van der Waals surface area contributed by atoms with Gasteiger partial charge in [0, 0.05) is 32.3 Å². The van der Waals surface area contributed by atoms with Crippen molar-refractivity contribution in [2.24, 2.45) is 0 Å². The predicted molar refractivity (Wildman–Crippen MR) is 103 cm³/mol. The Labute approximate surface area is 164 Å². The van der Waals surface area contributed by atoms with Gasteiger partial charge in [-0.2, -0.15) is 0 Å². The molecule has 3 heterocycles. The summed E-state index contributed by atoms with van der Waals surface area (Å²) in [5.41, 5.74) is 0.858. The van der Waals surface area contributed by atoms with E-state index in [0.29, 0.717) is 12.3 Å². The summed E-state index contributed by atoms with van der Waals surface area (Å²) in [6, 6.07) is 5.53. The van der Waals surface area contributed by atoms with Crippen LogP contribution in [0.4, 0.5) is 0 Å². The molecule has 0 bridgehead atoms. The van der Waals surface area contributed by atoms with E-state index in [1.807, 2.05) is 23.1 Å². The fourth-order valence-electron chi connectivity index (χ4n) is 3.83. The van der Waals surface area contributed by atoms with E-state index in [-0.39, 0.29) is 24.8 Å². The SMILES string of the molecule is O=C(C=Cc1ccc2c(c1)OCO2)OC1CCN(CC(=O)N2CCCC2)CC1. The van der Waals surface area contributed by atoms with Crippen molar-refractivity contribution < 1.29 is 23.8 Å². The second-order valence-corrected chi connectivity index (χ2v) is 7.45. The van der Waals surface area contributed by atoms with Crippen LogP contribution in [0, 0.1) is 0 Å². The Bertz CT molecular complexity index is 749. The number of carbonyl (C=O) groups excluding carboxylic acids is 2. The third-order valence-corrected chi connectivity index (χ3v) is 5.44. The number of piperidine rings is 1. The Hall–Kier alpha value is -2.54. The molecule has 0 aliphatic carbocycles. The van der Waals surface area contributed by atoms with Gasteiger partial charge in [-0.15, -0.1) is 0 Å². The second-order valence-electron chi connectivity index (χ2n) is 7.45. The first kappa shape index (κ1) is 18.8. The number of fused-ring (bicyclic) bond motifs is 1. The van der Waals surface area contributed by atoms with E-state index in [2.05, 4.69) is 4.90 Å². The molecule has 2 saturated heterocycles. The van der Waals surface area contributed by atoms with Gasteiger partial charge in [0.05, 0.1) is 6.54 Å². The lowest BCUT2D eigenvalue weighted by Gasteiger charge is -2.31. The molecule has 1 aromatic carbocycles. The van der Waals surface area contributed by atoms with Gasteiger partial charge in [0.1, 0.15) is 6.10 Å². The molecule has 0 spiro atoms. The summed E-state index contributed by atoms with van der Waals surface area (Å²) in [4.78, 5) is 28.5. The molecule has 3 aliphatic rings. The van der Waals surface area contributed by atoms with Crippen LogP contribution in [0.25, 0.3) is 6.08 Å². The standard InChI is InChI=1S/C21H26N2O5/c24-20(23-9-1-2-10-23)14-22-11-7-17(8-12-22)28-21(25)6-4-16-3-5-18-19(13-16)27-15-26-18/h3-6,13,17H,1-2,7-12,14-15H2. The van der Waals surface area contributed by atoms with Crippen molar-refractivity contribution in [1.82, 2.24) is 9.80 Å². The van der Waals surface area contributed by atoms with E-state index >= 15 is 0 Å². The summed E-state index contributed by atoms with van der Waals surface area (Å²) in [6.45, 7) is 4.05. The highest BCUT2D eigenvalue weighted by Crippen LogP contribution is 2.32. The lowest BCUT2D eigenvalue weighted by atomic mass is 10.1. The van der Waals surface area contributed by atoms with Crippen molar-refractivity contribution >= 4 is 18.0 Å². The minimum atomic E-state index is -0.343. The van der Waals surface area contributed by atoms with Crippen LogP contribution in [-0.4, -0.2) is 67.3 Å². The van der Waals surface area contributed by atoms with Gasteiger partial charge < -0.3 is 19.1 Å². The molecule has 7 nitrogen and oxygen atoms in total. The average Bonchev–Trinajstić information content (AvgIpc) is 3.39. The molecule has 1 amide bonds. The van der Waals surface area contributed by atoms with Crippen molar-refractivity contribution in [2.75, 3.05) is 39.5 Å². The van der Waals surface area contributed by atoms with Gasteiger partial charge in [-0.25, -0.2) is 4.79 Å². The first-order valence-electron chi connectivity index (χ1n) is 9.96. The van der Waals surface area contributed by atoms with Gasteiger partial charge in [0.15, 0.2) is 11.5 Å². The van der Waals surface area contributed by atoms with Gasteiger partial charge in [-0.3, -0.25) is 9.69 Å². The first-order chi connectivity index (χ1) is 13.7. The van der Waals surface area contributed by atoms with E-state index < -0.39 is 0 Å².